The minimum absolute atomic E-state index is 0.324. The number of nitrogens with one attached hydrogen (secondary N) is 1. The van der Waals surface area contributed by atoms with Crippen molar-refractivity contribution in [2.24, 2.45) is 0 Å². The molecular formula is C11H11BrN4O2. The summed E-state index contributed by atoms with van der Waals surface area (Å²) in [7, 11) is 0. The lowest BCUT2D eigenvalue weighted by Crippen LogP contribution is -2.33. The molecule has 0 saturated carbocycles. The van der Waals surface area contributed by atoms with Gasteiger partial charge < -0.3 is 0 Å². The third kappa shape index (κ3) is 2.35. The van der Waals surface area contributed by atoms with E-state index in [0.717, 1.165) is 9.15 Å². The fourth-order valence-corrected chi connectivity index (χ4v) is 1.77. The van der Waals surface area contributed by atoms with Crippen LogP contribution < -0.4 is 11.1 Å². The molecule has 7 heteroatoms. The Balaban J connectivity index is 2.50. The van der Waals surface area contributed by atoms with Crippen molar-refractivity contribution >= 4 is 21.8 Å². The summed E-state index contributed by atoms with van der Waals surface area (Å²) in [4.78, 5) is 23.0. The highest BCUT2D eigenvalue weighted by Crippen LogP contribution is 2.12. The maximum Gasteiger partial charge on any atom is 0.369 e. The number of halogens is 1. The van der Waals surface area contributed by atoms with E-state index in [2.05, 4.69) is 26.5 Å². The smallest absolute Gasteiger partial charge is 0.274 e. The fraction of sp³-hybridized carbons (Fsp3) is 0.182. The molecule has 2 aromatic rings. The predicted octanol–water partition coefficient (Wildman–Crippen LogP) is 1.19. The first-order valence-electron chi connectivity index (χ1n) is 5.21. The van der Waals surface area contributed by atoms with E-state index in [9.17, 15) is 9.59 Å². The molecule has 0 atom stereocenters. The SMILES string of the molecule is CC(=O)Nn1c(C)nn(-c2ccc(Br)cc2)c1=O. The molecule has 2 rings (SSSR count). The lowest BCUT2D eigenvalue weighted by atomic mass is 10.3. The van der Waals surface area contributed by atoms with Gasteiger partial charge in [-0.1, -0.05) is 15.9 Å². The summed E-state index contributed by atoms with van der Waals surface area (Å²) in [5.41, 5.74) is 2.64. The number of rotatable bonds is 2. The molecule has 1 N–H and O–H groups in total. The van der Waals surface area contributed by atoms with Crippen LogP contribution in [0.4, 0.5) is 0 Å². The van der Waals surface area contributed by atoms with Crippen LogP contribution in [0.5, 0.6) is 0 Å². The van der Waals surface area contributed by atoms with Gasteiger partial charge in [-0.25, -0.2) is 4.79 Å². The number of carbonyl (C=O) groups excluding carboxylic acids is 1. The third-order valence-electron chi connectivity index (χ3n) is 2.28. The minimum Gasteiger partial charge on any atom is -0.274 e. The minimum atomic E-state index is -0.412. The van der Waals surface area contributed by atoms with Crippen LogP contribution in [0.1, 0.15) is 12.7 Å². The van der Waals surface area contributed by atoms with Gasteiger partial charge in [-0.05, 0) is 31.2 Å². The average molecular weight is 311 g/mol. The summed E-state index contributed by atoms with van der Waals surface area (Å²) in [6, 6.07) is 7.15. The molecule has 0 aliphatic heterocycles. The van der Waals surface area contributed by atoms with Crippen LogP contribution in [0.25, 0.3) is 5.69 Å². The van der Waals surface area contributed by atoms with Crippen molar-refractivity contribution < 1.29 is 4.79 Å². The summed E-state index contributed by atoms with van der Waals surface area (Å²) in [5, 5.41) is 4.10. The summed E-state index contributed by atoms with van der Waals surface area (Å²) >= 11 is 3.32. The highest BCUT2D eigenvalue weighted by atomic mass is 79.9. The Kier molecular flexibility index (Phi) is 3.33. The van der Waals surface area contributed by atoms with Crippen LogP contribution in [-0.4, -0.2) is 20.4 Å². The topological polar surface area (TPSA) is 68.9 Å². The number of amides is 1. The highest BCUT2D eigenvalue weighted by molar-refractivity contribution is 9.10. The molecule has 1 heterocycles. The molecule has 0 radical (unpaired) electrons. The molecule has 0 spiro atoms. The molecule has 0 fully saturated rings. The summed E-state index contributed by atoms with van der Waals surface area (Å²) < 4.78 is 3.26. The van der Waals surface area contributed by atoms with Crippen LogP contribution in [-0.2, 0) is 4.79 Å². The second-order valence-corrected chi connectivity index (χ2v) is 4.64. The first-order valence-corrected chi connectivity index (χ1v) is 6.00. The number of aromatic nitrogens is 3. The van der Waals surface area contributed by atoms with Gasteiger partial charge in [0.25, 0.3) is 0 Å². The van der Waals surface area contributed by atoms with Crippen molar-refractivity contribution in [1.29, 1.82) is 0 Å². The van der Waals surface area contributed by atoms with Crippen molar-refractivity contribution in [1.82, 2.24) is 14.5 Å². The Bertz CT molecular complexity index is 642. The van der Waals surface area contributed by atoms with Gasteiger partial charge in [0.05, 0.1) is 5.69 Å². The zero-order valence-corrected chi connectivity index (χ0v) is 11.4. The molecule has 1 amide bonds. The Morgan fingerprint density at radius 1 is 1.33 bits per heavy atom. The molecule has 94 valence electrons. The zero-order chi connectivity index (χ0) is 13.3. The number of hydrogen-bond acceptors (Lipinski definition) is 3. The molecule has 1 aromatic heterocycles. The van der Waals surface area contributed by atoms with Gasteiger partial charge in [-0.3, -0.25) is 10.2 Å². The second-order valence-electron chi connectivity index (χ2n) is 3.72. The van der Waals surface area contributed by atoms with Crippen LogP contribution in [0.2, 0.25) is 0 Å². The monoisotopic (exact) mass is 310 g/mol. The van der Waals surface area contributed by atoms with Crippen molar-refractivity contribution in [3.05, 3.63) is 45.0 Å². The van der Waals surface area contributed by atoms with Crippen LogP contribution in [0.3, 0.4) is 0 Å². The third-order valence-corrected chi connectivity index (χ3v) is 2.81. The largest absolute Gasteiger partial charge is 0.369 e. The number of carbonyl (C=O) groups is 1. The predicted molar refractivity (Wildman–Crippen MR) is 70.3 cm³/mol. The zero-order valence-electron chi connectivity index (χ0n) is 9.85. The molecular weight excluding hydrogens is 300 g/mol. The summed E-state index contributed by atoms with van der Waals surface area (Å²) in [6.07, 6.45) is 0. The van der Waals surface area contributed by atoms with E-state index in [-0.39, 0.29) is 5.91 Å². The van der Waals surface area contributed by atoms with E-state index >= 15 is 0 Å². The fourth-order valence-electron chi connectivity index (χ4n) is 1.50. The van der Waals surface area contributed by atoms with Gasteiger partial charge in [-0.15, -0.1) is 5.10 Å². The van der Waals surface area contributed by atoms with Crippen molar-refractivity contribution in [3.63, 3.8) is 0 Å². The number of hydrogen-bond donors (Lipinski definition) is 1. The molecule has 0 saturated heterocycles. The van der Waals surface area contributed by atoms with E-state index in [1.807, 2.05) is 12.1 Å². The van der Waals surface area contributed by atoms with E-state index in [4.69, 9.17) is 0 Å². The highest BCUT2D eigenvalue weighted by Gasteiger charge is 2.11. The summed E-state index contributed by atoms with van der Waals surface area (Å²) in [5.74, 6) is 0.0914. The van der Waals surface area contributed by atoms with Gasteiger partial charge in [0.15, 0.2) is 5.82 Å². The lowest BCUT2D eigenvalue weighted by molar-refractivity contribution is -0.115. The van der Waals surface area contributed by atoms with E-state index in [1.165, 1.54) is 11.6 Å². The van der Waals surface area contributed by atoms with Gasteiger partial charge >= 0.3 is 5.69 Å². The molecule has 18 heavy (non-hydrogen) atoms. The maximum absolute atomic E-state index is 12.0. The van der Waals surface area contributed by atoms with E-state index in [1.54, 1.807) is 19.1 Å². The van der Waals surface area contributed by atoms with Crippen molar-refractivity contribution in [2.45, 2.75) is 13.8 Å². The standard InChI is InChI=1S/C11H11BrN4O2/c1-7-13-16(10-5-3-9(12)4-6-10)11(18)15(7)14-8(2)17/h3-6H,1-2H3,(H,14,17). The Labute approximate surface area is 111 Å². The summed E-state index contributed by atoms with van der Waals surface area (Å²) in [6.45, 7) is 2.98. The lowest BCUT2D eigenvalue weighted by Gasteiger charge is -2.01. The van der Waals surface area contributed by atoms with Gasteiger partial charge in [0, 0.05) is 11.4 Å². The maximum atomic E-state index is 12.0. The Morgan fingerprint density at radius 3 is 2.50 bits per heavy atom. The van der Waals surface area contributed by atoms with Crippen LogP contribution in [0, 0.1) is 6.92 Å². The second kappa shape index (κ2) is 4.77. The Morgan fingerprint density at radius 2 is 1.94 bits per heavy atom. The van der Waals surface area contributed by atoms with Crippen LogP contribution in [0.15, 0.2) is 33.5 Å². The van der Waals surface area contributed by atoms with Crippen LogP contribution >= 0.6 is 15.9 Å². The van der Waals surface area contributed by atoms with Gasteiger partial charge in [-0.2, -0.15) is 9.36 Å². The molecule has 0 bridgehead atoms. The van der Waals surface area contributed by atoms with E-state index in [0.29, 0.717) is 11.5 Å². The number of nitrogens with zero attached hydrogens (tertiary/aromatic N) is 3. The Hall–Kier alpha value is -1.89. The normalized spacial score (nSPS) is 10.4. The van der Waals surface area contributed by atoms with E-state index < -0.39 is 5.69 Å². The van der Waals surface area contributed by atoms with Gasteiger partial charge in [0.2, 0.25) is 5.91 Å². The van der Waals surface area contributed by atoms with Crippen molar-refractivity contribution in [2.75, 3.05) is 5.43 Å². The molecule has 0 aliphatic carbocycles. The van der Waals surface area contributed by atoms with Crippen molar-refractivity contribution in [3.8, 4) is 5.69 Å². The molecule has 1 aromatic carbocycles. The molecule has 6 nitrogen and oxygen atoms in total. The molecule has 0 unspecified atom stereocenters. The molecule has 0 aliphatic rings. The number of aryl methyl sites for hydroxylation is 1. The average Bonchev–Trinajstić information content (AvgIpc) is 2.58. The quantitative estimate of drug-likeness (QED) is 0.906. The number of benzene rings is 1. The van der Waals surface area contributed by atoms with Gasteiger partial charge in [0.1, 0.15) is 0 Å². The first kappa shape index (κ1) is 12.6. The first-order chi connectivity index (χ1) is 8.49.